The zero-order chi connectivity index (χ0) is 15.9. The van der Waals surface area contributed by atoms with Crippen LogP contribution in [-0.4, -0.2) is 48.5 Å². The van der Waals surface area contributed by atoms with E-state index in [9.17, 15) is 8.78 Å². The molecule has 0 amide bonds. The van der Waals surface area contributed by atoms with Crippen molar-refractivity contribution < 1.29 is 8.78 Å². The fourth-order valence-electron chi connectivity index (χ4n) is 2.56. The number of hydrogen-bond donors (Lipinski definition) is 1. The third-order valence-corrected chi connectivity index (χ3v) is 5.20. The summed E-state index contributed by atoms with van der Waals surface area (Å²) >= 11 is 2.00. The van der Waals surface area contributed by atoms with Crippen LogP contribution in [0.15, 0.2) is 23.2 Å². The minimum absolute atomic E-state index is 0. The Hall–Kier alpha value is -0.570. The smallest absolute Gasteiger partial charge is 0.193 e. The van der Waals surface area contributed by atoms with E-state index < -0.39 is 11.6 Å². The third-order valence-electron chi connectivity index (χ3n) is 3.83. The zero-order valence-corrected chi connectivity index (χ0v) is 16.7. The molecule has 1 aromatic carbocycles. The van der Waals surface area contributed by atoms with Gasteiger partial charge in [-0.1, -0.05) is 13.0 Å². The Labute approximate surface area is 158 Å². The number of guanidine groups is 1. The van der Waals surface area contributed by atoms with Crippen molar-refractivity contribution in [3.8, 4) is 0 Å². The molecule has 1 aromatic rings. The minimum Gasteiger partial charge on any atom is -0.356 e. The molecule has 1 aliphatic heterocycles. The summed E-state index contributed by atoms with van der Waals surface area (Å²) in [7, 11) is 1.74. The Balaban J connectivity index is 0.00000264. The van der Waals surface area contributed by atoms with Crippen LogP contribution in [0.4, 0.5) is 8.78 Å². The number of thioether (sulfide) groups is 1. The van der Waals surface area contributed by atoms with Crippen LogP contribution in [0.3, 0.4) is 0 Å². The van der Waals surface area contributed by atoms with Gasteiger partial charge >= 0.3 is 0 Å². The van der Waals surface area contributed by atoms with E-state index in [1.165, 1.54) is 18.2 Å². The number of hydrogen-bond acceptors (Lipinski definition) is 2. The van der Waals surface area contributed by atoms with Gasteiger partial charge in [-0.3, -0.25) is 4.99 Å². The second kappa shape index (κ2) is 10.3. The number of nitrogens with one attached hydrogen (secondary N) is 1. The van der Waals surface area contributed by atoms with Gasteiger partial charge in [0.25, 0.3) is 0 Å². The van der Waals surface area contributed by atoms with E-state index in [0.717, 1.165) is 31.2 Å². The Morgan fingerprint density at radius 2 is 2.09 bits per heavy atom. The predicted molar refractivity (Wildman–Crippen MR) is 105 cm³/mol. The molecule has 1 aliphatic rings. The van der Waals surface area contributed by atoms with Crippen molar-refractivity contribution in [2.75, 3.05) is 32.4 Å². The highest BCUT2D eigenvalue weighted by molar-refractivity contribution is 14.0. The monoisotopic (exact) mass is 455 g/mol. The van der Waals surface area contributed by atoms with Crippen molar-refractivity contribution in [2.45, 2.75) is 25.0 Å². The lowest BCUT2D eigenvalue weighted by Crippen LogP contribution is -2.48. The van der Waals surface area contributed by atoms with Crippen LogP contribution in [-0.2, 0) is 6.42 Å². The second-order valence-electron chi connectivity index (χ2n) is 5.27. The summed E-state index contributed by atoms with van der Waals surface area (Å²) in [5, 5.41) is 3.84. The maximum Gasteiger partial charge on any atom is 0.193 e. The lowest BCUT2D eigenvalue weighted by Gasteiger charge is -2.34. The Kier molecular flexibility index (Phi) is 9.19. The van der Waals surface area contributed by atoms with Crippen LogP contribution >= 0.6 is 35.7 Å². The van der Waals surface area contributed by atoms with E-state index in [1.54, 1.807) is 7.05 Å². The first-order valence-electron chi connectivity index (χ1n) is 7.65. The van der Waals surface area contributed by atoms with Gasteiger partial charge in [-0.15, -0.1) is 24.0 Å². The lowest BCUT2D eigenvalue weighted by atomic mass is 10.1. The molecular weight excluding hydrogens is 431 g/mol. The average Bonchev–Trinajstić information content (AvgIpc) is 2.54. The van der Waals surface area contributed by atoms with Crippen molar-refractivity contribution in [1.29, 1.82) is 0 Å². The summed E-state index contributed by atoms with van der Waals surface area (Å²) in [6, 6.07) is 3.97. The maximum absolute atomic E-state index is 13.6. The Morgan fingerprint density at radius 3 is 2.70 bits per heavy atom. The molecule has 130 valence electrons. The fraction of sp³-hybridized carbons (Fsp3) is 0.562. The van der Waals surface area contributed by atoms with Crippen molar-refractivity contribution in [3.05, 3.63) is 35.4 Å². The van der Waals surface area contributed by atoms with E-state index in [1.807, 2.05) is 11.8 Å². The first-order valence-corrected chi connectivity index (χ1v) is 8.70. The van der Waals surface area contributed by atoms with E-state index in [-0.39, 0.29) is 29.5 Å². The quantitative estimate of drug-likeness (QED) is 0.428. The summed E-state index contributed by atoms with van der Waals surface area (Å²) in [6.45, 7) is 4.58. The van der Waals surface area contributed by atoms with Crippen LogP contribution in [0.5, 0.6) is 0 Å². The van der Waals surface area contributed by atoms with Gasteiger partial charge in [0.1, 0.15) is 11.6 Å². The molecule has 0 bridgehead atoms. The molecule has 3 nitrogen and oxygen atoms in total. The molecule has 0 aliphatic carbocycles. The molecule has 23 heavy (non-hydrogen) atoms. The van der Waals surface area contributed by atoms with Crippen LogP contribution in [0.1, 0.15) is 18.9 Å². The van der Waals surface area contributed by atoms with Gasteiger partial charge in [0.05, 0.1) is 0 Å². The van der Waals surface area contributed by atoms with Crippen molar-refractivity contribution in [3.63, 3.8) is 0 Å². The molecule has 0 saturated carbocycles. The molecule has 1 unspecified atom stereocenters. The number of rotatable bonds is 4. The standard InChI is InChI=1S/C16H23F2N3S.HI/c1-3-12-11-21(9-10-22-12)16(19-2)20-8-7-13-14(17)5-4-6-15(13)18;/h4-6,12H,3,7-11H2,1-2H3,(H,19,20);1H. The highest BCUT2D eigenvalue weighted by atomic mass is 127. The number of aliphatic imine (C=N–C) groups is 1. The first-order chi connectivity index (χ1) is 10.7. The molecule has 7 heteroatoms. The largest absolute Gasteiger partial charge is 0.356 e. The Bertz CT molecular complexity index is 508. The van der Waals surface area contributed by atoms with Crippen LogP contribution < -0.4 is 5.32 Å². The SMILES string of the molecule is CCC1CN(C(=NC)NCCc2c(F)cccc2F)CCS1.I. The number of nitrogens with zero attached hydrogens (tertiary/aromatic N) is 2. The van der Waals surface area contributed by atoms with Crippen LogP contribution in [0.2, 0.25) is 0 Å². The highest BCUT2D eigenvalue weighted by Crippen LogP contribution is 2.21. The molecule has 1 atom stereocenters. The van der Waals surface area contributed by atoms with Gasteiger partial charge in [0.2, 0.25) is 0 Å². The number of benzene rings is 1. The summed E-state index contributed by atoms with van der Waals surface area (Å²) in [6.07, 6.45) is 1.44. The minimum atomic E-state index is -0.489. The van der Waals surface area contributed by atoms with E-state index >= 15 is 0 Å². The molecule has 1 heterocycles. The van der Waals surface area contributed by atoms with Crippen molar-refractivity contribution in [1.82, 2.24) is 10.2 Å². The molecule has 0 radical (unpaired) electrons. The number of halogens is 3. The Morgan fingerprint density at radius 1 is 1.39 bits per heavy atom. The summed E-state index contributed by atoms with van der Waals surface area (Å²) in [4.78, 5) is 6.52. The van der Waals surface area contributed by atoms with E-state index in [0.29, 0.717) is 18.2 Å². The molecule has 1 fully saturated rings. The summed E-state index contributed by atoms with van der Waals surface area (Å²) in [5.41, 5.74) is 0.131. The van der Waals surface area contributed by atoms with Gasteiger partial charge in [-0.2, -0.15) is 11.8 Å². The highest BCUT2D eigenvalue weighted by Gasteiger charge is 2.21. The van der Waals surface area contributed by atoms with E-state index in [4.69, 9.17) is 0 Å². The normalized spacial score (nSPS) is 18.5. The third kappa shape index (κ3) is 5.77. The molecule has 2 rings (SSSR count). The lowest BCUT2D eigenvalue weighted by molar-refractivity contribution is 0.408. The van der Waals surface area contributed by atoms with Gasteiger partial charge in [0.15, 0.2) is 5.96 Å². The average molecular weight is 455 g/mol. The topological polar surface area (TPSA) is 27.6 Å². The van der Waals surface area contributed by atoms with Gasteiger partial charge in [0, 0.05) is 43.2 Å². The fourth-order valence-corrected chi connectivity index (χ4v) is 3.74. The molecule has 1 N–H and O–H groups in total. The van der Waals surface area contributed by atoms with Gasteiger partial charge < -0.3 is 10.2 Å². The van der Waals surface area contributed by atoms with Gasteiger partial charge in [-0.25, -0.2) is 8.78 Å². The summed E-state index contributed by atoms with van der Waals surface area (Å²) in [5.74, 6) is 0.922. The molecule has 0 spiro atoms. The second-order valence-corrected chi connectivity index (χ2v) is 6.68. The van der Waals surface area contributed by atoms with Crippen molar-refractivity contribution in [2.24, 2.45) is 4.99 Å². The van der Waals surface area contributed by atoms with Crippen molar-refractivity contribution >= 4 is 41.7 Å². The predicted octanol–water partition coefficient (Wildman–Crippen LogP) is 3.53. The molecular formula is C16H24F2IN3S. The maximum atomic E-state index is 13.6. The van der Waals surface area contributed by atoms with Gasteiger partial charge in [-0.05, 0) is 25.0 Å². The van der Waals surface area contributed by atoms with Crippen LogP contribution in [0.25, 0.3) is 0 Å². The van der Waals surface area contributed by atoms with E-state index in [2.05, 4.69) is 22.1 Å². The molecule has 0 aromatic heterocycles. The summed E-state index contributed by atoms with van der Waals surface area (Å²) < 4.78 is 27.2. The first kappa shape index (κ1) is 20.5. The van der Waals surface area contributed by atoms with Crippen LogP contribution in [0, 0.1) is 11.6 Å². The molecule has 1 saturated heterocycles. The zero-order valence-electron chi connectivity index (χ0n) is 13.5.